The summed E-state index contributed by atoms with van der Waals surface area (Å²) in [6.45, 7) is 0.130. The molecule has 2 aromatic rings. The lowest BCUT2D eigenvalue weighted by atomic mass is 10.3. The Hall–Kier alpha value is -1.33. The van der Waals surface area contributed by atoms with Gasteiger partial charge in [0.15, 0.2) is 0 Å². The predicted molar refractivity (Wildman–Crippen MR) is 72.1 cm³/mol. The molecule has 0 unspecified atom stereocenters. The van der Waals surface area contributed by atoms with E-state index in [1.54, 1.807) is 24.3 Å². The molecule has 0 aliphatic carbocycles. The zero-order chi connectivity index (χ0) is 13.1. The van der Waals surface area contributed by atoms with Gasteiger partial charge in [-0.05, 0) is 40.2 Å². The normalized spacial score (nSPS) is 10.4. The maximum absolute atomic E-state index is 13.3. The summed E-state index contributed by atoms with van der Waals surface area (Å²) in [6.07, 6.45) is 0. The molecule has 0 saturated carbocycles. The van der Waals surface area contributed by atoms with E-state index in [0.717, 1.165) is 0 Å². The second-order valence-corrected chi connectivity index (χ2v) is 4.79. The largest absolute Gasteiger partial charge is 0.487 e. The van der Waals surface area contributed by atoms with Crippen LogP contribution >= 0.6 is 27.5 Å². The number of ether oxygens (including phenoxy) is 1. The molecule has 0 bridgehead atoms. The number of nitrogen functional groups attached to an aromatic ring is 1. The van der Waals surface area contributed by atoms with Crippen LogP contribution in [0.2, 0.25) is 5.02 Å². The standard InChI is InChI=1S/C12H9BrClFN2O/c13-8-2-1-7(5-10(8)15)18-6-11-9(14)3-4-12(16)17-11/h1-5H,6H2,(H2,16,17). The molecule has 18 heavy (non-hydrogen) atoms. The van der Waals surface area contributed by atoms with Crippen LogP contribution < -0.4 is 10.5 Å². The van der Waals surface area contributed by atoms with Crippen LogP contribution in [-0.2, 0) is 6.61 Å². The minimum atomic E-state index is -0.390. The molecular formula is C12H9BrClFN2O. The molecule has 1 heterocycles. The first-order valence-electron chi connectivity index (χ1n) is 5.05. The van der Waals surface area contributed by atoms with E-state index in [9.17, 15) is 4.39 Å². The Kier molecular flexibility index (Phi) is 4.04. The molecule has 3 nitrogen and oxygen atoms in total. The minimum absolute atomic E-state index is 0.130. The lowest BCUT2D eigenvalue weighted by Gasteiger charge is -2.08. The highest BCUT2D eigenvalue weighted by molar-refractivity contribution is 9.10. The topological polar surface area (TPSA) is 48.1 Å². The molecule has 0 atom stereocenters. The van der Waals surface area contributed by atoms with Gasteiger partial charge >= 0.3 is 0 Å². The van der Waals surface area contributed by atoms with Crippen LogP contribution in [0.3, 0.4) is 0 Å². The number of aromatic nitrogens is 1. The van der Waals surface area contributed by atoms with Gasteiger partial charge < -0.3 is 10.5 Å². The summed E-state index contributed by atoms with van der Waals surface area (Å²) in [5, 5.41) is 0.460. The van der Waals surface area contributed by atoms with E-state index in [1.807, 2.05) is 0 Å². The summed E-state index contributed by atoms with van der Waals surface area (Å²) in [6, 6.07) is 7.74. The third-order valence-corrected chi connectivity index (χ3v) is 3.19. The van der Waals surface area contributed by atoms with Crippen LogP contribution in [0.25, 0.3) is 0 Å². The molecule has 0 amide bonds. The quantitative estimate of drug-likeness (QED) is 0.930. The highest BCUT2D eigenvalue weighted by Gasteiger charge is 2.06. The summed E-state index contributed by atoms with van der Waals surface area (Å²) in [7, 11) is 0. The first-order chi connectivity index (χ1) is 8.56. The lowest BCUT2D eigenvalue weighted by Crippen LogP contribution is -2.02. The van der Waals surface area contributed by atoms with Crippen molar-refractivity contribution in [1.29, 1.82) is 0 Å². The van der Waals surface area contributed by atoms with E-state index >= 15 is 0 Å². The fourth-order valence-electron chi connectivity index (χ4n) is 1.32. The molecule has 2 N–H and O–H groups in total. The Morgan fingerprint density at radius 2 is 2.11 bits per heavy atom. The number of hydrogen-bond acceptors (Lipinski definition) is 3. The van der Waals surface area contributed by atoms with E-state index in [0.29, 0.717) is 26.8 Å². The SMILES string of the molecule is Nc1ccc(Cl)c(COc2ccc(Br)c(F)c2)n1. The maximum Gasteiger partial charge on any atom is 0.141 e. The number of pyridine rings is 1. The Balaban J connectivity index is 2.11. The monoisotopic (exact) mass is 330 g/mol. The van der Waals surface area contributed by atoms with Crippen molar-refractivity contribution in [3.8, 4) is 5.75 Å². The van der Waals surface area contributed by atoms with Gasteiger partial charge in [-0.25, -0.2) is 9.37 Å². The molecular weight excluding hydrogens is 322 g/mol. The van der Waals surface area contributed by atoms with Crippen molar-refractivity contribution < 1.29 is 9.13 Å². The molecule has 0 saturated heterocycles. The van der Waals surface area contributed by atoms with Crippen LogP contribution in [0.5, 0.6) is 5.75 Å². The lowest BCUT2D eigenvalue weighted by molar-refractivity contribution is 0.300. The fourth-order valence-corrected chi connectivity index (χ4v) is 1.73. The van der Waals surface area contributed by atoms with Crippen LogP contribution in [-0.4, -0.2) is 4.98 Å². The Morgan fingerprint density at radius 3 is 2.83 bits per heavy atom. The van der Waals surface area contributed by atoms with Gasteiger partial charge in [-0.3, -0.25) is 0 Å². The second-order valence-electron chi connectivity index (χ2n) is 3.53. The number of hydrogen-bond donors (Lipinski definition) is 1. The third-order valence-electron chi connectivity index (χ3n) is 2.21. The molecule has 2 rings (SSSR count). The van der Waals surface area contributed by atoms with Gasteiger partial charge in [0.25, 0.3) is 0 Å². The Bertz CT molecular complexity index is 580. The maximum atomic E-state index is 13.3. The predicted octanol–water partition coefficient (Wildman–Crippen LogP) is 3.80. The van der Waals surface area contributed by atoms with Crippen LogP contribution in [0.4, 0.5) is 10.2 Å². The van der Waals surface area contributed by atoms with Crippen molar-refractivity contribution in [1.82, 2.24) is 4.98 Å². The number of nitrogens with two attached hydrogens (primary N) is 1. The van der Waals surface area contributed by atoms with Crippen molar-refractivity contribution in [2.75, 3.05) is 5.73 Å². The van der Waals surface area contributed by atoms with Crippen LogP contribution in [0, 0.1) is 5.82 Å². The van der Waals surface area contributed by atoms with Crippen molar-refractivity contribution in [2.24, 2.45) is 0 Å². The molecule has 0 fully saturated rings. The van der Waals surface area contributed by atoms with Gasteiger partial charge in [-0.2, -0.15) is 0 Å². The average molecular weight is 332 g/mol. The van der Waals surface area contributed by atoms with Crippen molar-refractivity contribution in [2.45, 2.75) is 6.61 Å². The Labute approximate surface area is 117 Å². The van der Waals surface area contributed by atoms with E-state index in [-0.39, 0.29) is 12.4 Å². The van der Waals surface area contributed by atoms with Gasteiger partial charge in [0.1, 0.15) is 24.0 Å². The van der Waals surface area contributed by atoms with E-state index in [1.165, 1.54) is 6.07 Å². The van der Waals surface area contributed by atoms with Crippen molar-refractivity contribution >= 4 is 33.3 Å². The molecule has 0 aliphatic heterocycles. The number of anilines is 1. The fraction of sp³-hybridized carbons (Fsp3) is 0.0833. The third kappa shape index (κ3) is 3.11. The summed E-state index contributed by atoms with van der Waals surface area (Å²) in [4.78, 5) is 4.05. The summed E-state index contributed by atoms with van der Waals surface area (Å²) in [5.41, 5.74) is 6.06. The summed E-state index contributed by atoms with van der Waals surface area (Å²) < 4.78 is 19.0. The molecule has 6 heteroatoms. The van der Waals surface area contributed by atoms with Crippen molar-refractivity contribution in [3.63, 3.8) is 0 Å². The van der Waals surface area contributed by atoms with Crippen molar-refractivity contribution in [3.05, 3.63) is 51.3 Å². The highest BCUT2D eigenvalue weighted by Crippen LogP contribution is 2.23. The molecule has 94 valence electrons. The summed E-state index contributed by atoms with van der Waals surface area (Å²) in [5.74, 6) is 0.370. The first-order valence-corrected chi connectivity index (χ1v) is 6.22. The first kappa shape index (κ1) is 13.1. The zero-order valence-corrected chi connectivity index (χ0v) is 11.5. The smallest absolute Gasteiger partial charge is 0.141 e. The number of rotatable bonds is 3. The number of benzene rings is 1. The minimum Gasteiger partial charge on any atom is -0.487 e. The number of nitrogens with zero attached hydrogens (tertiary/aromatic N) is 1. The second kappa shape index (κ2) is 5.54. The number of halogens is 3. The molecule has 0 aliphatic rings. The van der Waals surface area contributed by atoms with E-state index in [2.05, 4.69) is 20.9 Å². The van der Waals surface area contributed by atoms with E-state index in [4.69, 9.17) is 22.1 Å². The van der Waals surface area contributed by atoms with E-state index < -0.39 is 0 Å². The van der Waals surface area contributed by atoms with Gasteiger partial charge in [-0.15, -0.1) is 0 Å². The molecule has 1 aromatic heterocycles. The molecule has 0 spiro atoms. The van der Waals surface area contributed by atoms with Gasteiger partial charge in [-0.1, -0.05) is 11.6 Å². The molecule has 1 aromatic carbocycles. The molecule has 0 radical (unpaired) electrons. The van der Waals surface area contributed by atoms with Gasteiger partial charge in [0, 0.05) is 6.07 Å². The Morgan fingerprint density at radius 1 is 1.33 bits per heavy atom. The van der Waals surface area contributed by atoms with Gasteiger partial charge in [0.05, 0.1) is 15.2 Å². The highest BCUT2D eigenvalue weighted by atomic mass is 79.9. The zero-order valence-electron chi connectivity index (χ0n) is 9.16. The van der Waals surface area contributed by atoms with Crippen LogP contribution in [0.1, 0.15) is 5.69 Å². The summed E-state index contributed by atoms with van der Waals surface area (Å²) >= 11 is 9.01. The average Bonchev–Trinajstić information content (AvgIpc) is 2.34. The van der Waals surface area contributed by atoms with Gasteiger partial charge in [0.2, 0.25) is 0 Å². The van der Waals surface area contributed by atoms with Crippen LogP contribution in [0.15, 0.2) is 34.8 Å².